The maximum atomic E-state index is 12.4. The van der Waals surface area contributed by atoms with Crippen molar-refractivity contribution in [3.8, 4) is 11.1 Å². The number of oxazole rings is 1. The van der Waals surface area contributed by atoms with E-state index in [4.69, 9.17) is 25.5 Å². The smallest absolute Gasteiger partial charge is 0.412 e. The number of halogens is 1. The Hall–Kier alpha value is -3.84. The van der Waals surface area contributed by atoms with Crippen molar-refractivity contribution < 1.29 is 23.5 Å². The van der Waals surface area contributed by atoms with Gasteiger partial charge in [-0.1, -0.05) is 35.9 Å². The molecule has 0 fully saturated rings. The Morgan fingerprint density at radius 1 is 0.897 bits per heavy atom. The van der Waals surface area contributed by atoms with Crippen molar-refractivity contribution in [2.45, 2.75) is 65.6 Å². The van der Waals surface area contributed by atoms with Gasteiger partial charge >= 0.3 is 12.1 Å². The van der Waals surface area contributed by atoms with Crippen LogP contribution in [0.1, 0.15) is 58.6 Å². The van der Waals surface area contributed by atoms with Crippen molar-refractivity contribution in [1.82, 2.24) is 4.98 Å². The molecule has 0 unspecified atom stereocenters. The van der Waals surface area contributed by atoms with E-state index >= 15 is 0 Å². The van der Waals surface area contributed by atoms with Crippen LogP contribution in [0.15, 0.2) is 65.1 Å². The molecule has 8 heteroatoms. The first-order valence-electron chi connectivity index (χ1n) is 12.7. The van der Waals surface area contributed by atoms with Crippen LogP contribution in [-0.4, -0.2) is 28.2 Å². The minimum atomic E-state index is -0.597. The second-order valence-electron chi connectivity index (χ2n) is 11.4. The Kier molecular flexibility index (Phi) is 8.02. The molecule has 0 aliphatic carbocycles. The third-order valence-electron chi connectivity index (χ3n) is 5.46. The van der Waals surface area contributed by atoms with Crippen LogP contribution < -0.4 is 5.32 Å². The van der Waals surface area contributed by atoms with E-state index in [0.717, 1.165) is 22.3 Å². The molecule has 7 nitrogen and oxygen atoms in total. The number of rotatable bonds is 6. The molecule has 4 rings (SSSR count). The van der Waals surface area contributed by atoms with Crippen LogP contribution in [-0.2, 0) is 27.1 Å². The van der Waals surface area contributed by atoms with E-state index in [2.05, 4.69) is 16.4 Å². The number of esters is 1. The molecule has 0 bridgehead atoms. The molecule has 39 heavy (non-hydrogen) atoms. The zero-order chi connectivity index (χ0) is 28.4. The number of anilines is 1. The number of ether oxygens (including phenoxy) is 2. The minimum Gasteiger partial charge on any atom is -0.460 e. The van der Waals surface area contributed by atoms with Crippen molar-refractivity contribution in [3.05, 3.63) is 82.7 Å². The lowest BCUT2D eigenvalue weighted by atomic mass is 9.98. The number of nitrogens with zero attached hydrogens (tertiary/aromatic N) is 1. The summed E-state index contributed by atoms with van der Waals surface area (Å²) in [6, 6.07) is 19.1. The van der Waals surface area contributed by atoms with E-state index in [1.54, 1.807) is 0 Å². The highest BCUT2D eigenvalue weighted by Crippen LogP contribution is 2.33. The average molecular weight is 549 g/mol. The number of hydrogen-bond donors (Lipinski definition) is 1. The zero-order valence-electron chi connectivity index (χ0n) is 23.1. The van der Waals surface area contributed by atoms with Crippen molar-refractivity contribution in [1.29, 1.82) is 0 Å². The van der Waals surface area contributed by atoms with Crippen LogP contribution in [0, 0.1) is 0 Å². The Morgan fingerprint density at radius 2 is 1.59 bits per heavy atom. The molecule has 0 aliphatic rings. The minimum absolute atomic E-state index is 0.0671. The zero-order valence-corrected chi connectivity index (χ0v) is 23.8. The van der Waals surface area contributed by atoms with Gasteiger partial charge in [0, 0.05) is 16.3 Å². The van der Waals surface area contributed by atoms with Gasteiger partial charge < -0.3 is 13.9 Å². The highest BCUT2D eigenvalue weighted by molar-refractivity contribution is 6.30. The first-order valence-corrected chi connectivity index (χ1v) is 13.1. The first-order chi connectivity index (χ1) is 18.2. The van der Waals surface area contributed by atoms with Crippen molar-refractivity contribution in [3.63, 3.8) is 0 Å². The molecule has 1 N–H and O–H groups in total. The molecule has 0 saturated carbocycles. The van der Waals surface area contributed by atoms with Crippen molar-refractivity contribution in [2.75, 3.05) is 5.32 Å². The van der Waals surface area contributed by atoms with Crippen LogP contribution in [0.3, 0.4) is 0 Å². The van der Waals surface area contributed by atoms with Gasteiger partial charge in [-0.05, 0) is 101 Å². The van der Waals surface area contributed by atoms with E-state index < -0.39 is 23.3 Å². The van der Waals surface area contributed by atoms with Crippen LogP contribution >= 0.6 is 11.6 Å². The van der Waals surface area contributed by atoms with E-state index in [0.29, 0.717) is 28.2 Å². The van der Waals surface area contributed by atoms with E-state index in [9.17, 15) is 9.59 Å². The standard InChI is InChI=1S/C31H33ClN2O5/c1-30(2,3)38-27(35)18-26-34-28-24(21-8-7-9-22(32)17-21)15-20(16-25(28)37-26)14-19-10-12-23(13-11-19)33-29(36)39-31(4,5)6/h7-13,15-17H,14,18H2,1-6H3,(H,33,36). The van der Waals surface area contributed by atoms with E-state index in [-0.39, 0.29) is 12.3 Å². The van der Waals surface area contributed by atoms with Crippen LogP contribution in [0.5, 0.6) is 0 Å². The number of fused-ring (bicyclic) bond motifs is 1. The van der Waals surface area contributed by atoms with Gasteiger partial charge in [0.15, 0.2) is 5.58 Å². The van der Waals surface area contributed by atoms with Crippen LogP contribution in [0.4, 0.5) is 10.5 Å². The van der Waals surface area contributed by atoms with Gasteiger partial charge in [-0.2, -0.15) is 0 Å². The highest BCUT2D eigenvalue weighted by atomic mass is 35.5. The molecular formula is C31H33ClN2O5. The molecule has 0 aliphatic heterocycles. The Labute approximate surface area is 233 Å². The lowest BCUT2D eigenvalue weighted by Crippen LogP contribution is -2.27. The largest absolute Gasteiger partial charge is 0.460 e. The monoisotopic (exact) mass is 548 g/mol. The maximum absolute atomic E-state index is 12.4. The molecule has 1 heterocycles. The first kappa shape index (κ1) is 28.2. The maximum Gasteiger partial charge on any atom is 0.412 e. The predicted octanol–water partition coefficient (Wildman–Crippen LogP) is 7.97. The fourth-order valence-corrected chi connectivity index (χ4v) is 4.24. The lowest BCUT2D eigenvalue weighted by molar-refractivity contribution is -0.154. The summed E-state index contributed by atoms with van der Waals surface area (Å²) in [6.45, 7) is 10.9. The van der Waals surface area contributed by atoms with Crippen LogP contribution in [0.2, 0.25) is 5.02 Å². The molecule has 204 valence electrons. The third-order valence-corrected chi connectivity index (χ3v) is 5.69. The summed E-state index contributed by atoms with van der Waals surface area (Å²) in [5.41, 5.74) is 4.47. The van der Waals surface area contributed by atoms with Gasteiger partial charge in [-0.3, -0.25) is 10.1 Å². The van der Waals surface area contributed by atoms with E-state index in [1.165, 1.54) is 0 Å². The molecule has 0 atom stereocenters. The number of benzene rings is 3. The number of hydrogen-bond acceptors (Lipinski definition) is 6. The molecule has 1 amide bonds. The summed E-state index contributed by atoms with van der Waals surface area (Å²) < 4.78 is 16.8. The summed E-state index contributed by atoms with van der Waals surface area (Å²) in [6.07, 6.45) is 0.0418. The topological polar surface area (TPSA) is 90.7 Å². The summed E-state index contributed by atoms with van der Waals surface area (Å²) in [5, 5.41) is 3.36. The molecule has 0 spiro atoms. The molecule has 0 saturated heterocycles. The van der Waals surface area contributed by atoms with Crippen molar-refractivity contribution in [2.24, 2.45) is 0 Å². The molecule has 3 aromatic carbocycles. The lowest BCUT2D eigenvalue weighted by Gasteiger charge is -2.19. The summed E-state index contributed by atoms with van der Waals surface area (Å²) in [4.78, 5) is 29.1. The fraction of sp³-hybridized carbons (Fsp3) is 0.323. The number of aromatic nitrogens is 1. The second kappa shape index (κ2) is 11.1. The average Bonchev–Trinajstić information content (AvgIpc) is 3.19. The molecule has 4 aromatic rings. The van der Waals surface area contributed by atoms with E-state index in [1.807, 2.05) is 96.1 Å². The molecule has 0 radical (unpaired) electrons. The predicted molar refractivity (Wildman–Crippen MR) is 153 cm³/mol. The molecule has 1 aromatic heterocycles. The van der Waals surface area contributed by atoms with Gasteiger partial charge in [-0.15, -0.1) is 0 Å². The Bertz CT molecular complexity index is 1490. The van der Waals surface area contributed by atoms with Gasteiger partial charge in [0.2, 0.25) is 5.89 Å². The normalized spacial score (nSPS) is 11.9. The second-order valence-corrected chi connectivity index (χ2v) is 11.8. The molecular weight excluding hydrogens is 516 g/mol. The van der Waals surface area contributed by atoms with Gasteiger partial charge in [-0.25, -0.2) is 9.78 Å². The summed E-state index contributed by atoms with van der Waals surface area (Å²) >= 11 is 6.29. The Morgan fingerprint density at radius 3 is 2.23 bits per heavy atom. The summed E-state index contributed by atoms with van der Waals surface area (Å²) in [5.74, 6) is -0.115. The number of carbonyl (C=O) groups is 2. The van der Waals surface area contributed by atoms with Crippen molar-refractivity contribution >= 4 is 40.5 Å². The SMILES string of the molecule is CC(C)(C)OC(=O)Cc1nc2c(-c3cccc(Cl)c3)cc(Cc3ccc(NC(=O)OC(C)(C)C)cc3)cc2o1. The van der Waals surface area contributed by atoms with Gasteiger partial charge in [0.05, 0.1) is 0 Å². The highest BCUT2D eigenvalue weighted by Gasteiger charge is 2.21. The number of amides is 1. The summed E-state index contributed by atoms with van der Waals surface area (Å²) in [7, 11) is 0. The quantitative estimate of drug-likeness (QED) is 0.246. The number of nitrogens with one attached hydrogen (secondary N) is 1. The number of carbonyl (C=O) groups excluding carboxylic acids is 2. The van der Waals surface area contributed by atoms with Gasteiger partial charge in [0.25, 0.3) is 0 Å². The fourth-order valence-electron chi connectivity index (χ4n) is 4.05. The van der Waals surface area contributed by atoms with Crippen LogP contribution in [0.25, 0.3) is 22.2 Å². The third kappa shape index (κ3) is 8.07. The Balaban J connectivity index is 1.62. The van der Waals surface area contributed by atoms with Gasteiger partial charge in [0.1, 0.15) is 23.1 Å².